The Kier molecular flexibility index (Phi) is 5.64. The summed E-state index contributed by atoms with van der Waals surface area (Å²) in [5, 5.41) is 10.4. The molecule has 4 heterocycles. The second-order valence-corrected chi connectivity index (χ2v) is 8.99. The van der Waals surface area contributed by atoms with Crippen LogP contribution in [0.1, 0.15) is 34.6 Å². The lowest BCUT2D eigenvalue weighted by Gasteiger charge is -2.40. The Morgan fingerprint density at radius 3 is 2.82 bits per heavy atom. The van der Waals surface area contributed by atoms with Gasteiger partial charge in [-0.1, -0.05) is 23.2 Å². The summed E-state index contributed by atoms with van der Waals surface area (Å²) in [4.78, 5) is 36.9. The number of carbonyl (C=O) groups is 2. The Morgan fingerprint density at radius 2 is 2.03 bits per heavy atom. The summed E-state index contributed by atoms with van der Waals surface area (Å²) in [7, 11) is 0. The number of hydrogen-bond acceptors (Lipinski definition) is 6. The lowest BCUT2D eigenvalue weighted by molar-refractivity contribution is -0.147. The monoisotopic (exact) mass is 489 g/mol. The minimum Gasteiger partial charge on any atom is -0.476 e. The molecule has 11 heteroatoms. The summed E-state index contributed by atoms with van der Waals surface area (Å²) in [6, 6.07) is 3.40. The number of morpholine rings is 1. The molecule has 0 bridgehead atoms. The number of fused-ring (bicyclic) bond motifs is 2. The molecule has 1 N–H and O–H groups in total. The van der Waals surface area contributed by atoms with E-state index in [2.05, 4.69) is 9.97 Å². The molecule has 172 valence electrons. The SMILES string of the molecule is C[C@H]1c2c(Cl)cc(Cl)cc2CCN1C(=O)[C@H]1CN(c2cncc3nc(C(=O)O)cn23)CCO1. The third-order valence-electron chi connectivity index (χ3n) is 6.22. The van der Waals surface area contributed by atoms with E-state index in [9.17, 15) is 14.7 Å². The number of anilines is 1. The average Bonchev–Trinajstić information content (AvgIpc) is 3.23. The number of hydrogen-bond donors (Lipinski definition) is 1. The Labute approximate surface area is 199 Å². The lowest BCUT2D eigenvalue weighted by Crippen LogP contribution is -2.53. The zero-order valence-electron chi connectivity index (χ0n) is 17.7. The standard InChI is InChI=1S/C22H21Cl2N5O4/c1-12-20-13(6-14(23)7-15(20)24)2-3-28(12)21(30)17-11-27(4-5-33-17)19-9-25-8-18-26-16(22(31)32)10-29(18)19/h6-10,12,17H,2-5,11H2,1H3,(H,31,32)/t12-,17+/m0/s1. The number of nitrogens with zero attached hydrogens (tertiary/aromatic N) is 5. The van der Waals surface area contributed by atoms with Gasteiger partial charge in [-0.3, -0.25) is 14.2 Å². The molecule has 0 saturated carbocycles. The van der Waals surface area contributed by atoms with Crippen molar-refractivity contribution in [3.63, 3.8) is 0 Å². The van der Waals surface area contributed by atoms with Gasteiger partial charge in [-0.25, -0.2) is 9.78 Å². The van der Waals surface area contributed by atoms with Crippen molar-refractivity contribution in [1.29, 1.82) is 0 Å². The first-order valence-electron chi connectivity index (χ1n) is 10.5. The van der Waals surface area contributed by atoms with E-state index in [4.69, 9.17) is 27.9 Å². The van der Waals surface area contributed by atoms with Crippen LogP contribution >= 0.6 is 23.2 Å². The predicted octanol–water partition coefficient (Wildman–Crippen LogP) is 3.09. The third kappa shape index (κ3) is 3.90. The highest BCUT2D eigenvalue weighted by Gasteiger charge is 2.36. The van der Waals surface area contributed by atoms with Crippen LogP contribution in [0.2, 0.25) is 10.0 Å². The van der Waals surface area contributed by atoms with Crippen molar-refractivity contribution >= 4 is 46.5 Å². The van der Waals surface area contributed by atoms with Crippen LogP contribution in [0.4, 0.5) is 5.82 Å². The number of halogens is 2. The average molecular weight is 490 g/mol. The fraction of sp³-hybridized carbons (Fsp3) is 0.364. The van der Waals surface area contributed by atoms with Gasteiger partial charge < -0.3 is 19.6 Å². The van der Waals surface area contributed by atoms with E-state index >= 15 is 0 Å². The van der Waals surface area contributed by atoms with Crippen molar-refractivity contribution in [2.24, 2.45) is 0 Å². The molecule has 3 aromatic rings. The summed E-state index contributed by atoms with van der Waals surface area (Å²) in [6.07, 6.45) is 4.58. The molecule has 2 atom stereocenters. The van der Waals surface area contributed by atoms with E-state index in [-0.39, 0.29) is 17.6 Å². The minimum atomic E-state index is -1.11. The molecule has 1 amide bonds. The van der Waals surface area contributed by atoms with Crippen LogP contribution < -0.4 is 4.90 Å². The van der Waals surface area contributed by atoms with Crippen LogP contribution in [-0.2, 0) is 16.0 Å². The van der Waals surface area contributed by atoms with Gasteiger partial charge in [0, 0.05) is 29.3 Å². The second-order valence-electron chi connectivity index (χ2n) is 8.15. The molecule has 2 aromatic heterocycles. The zero-order valence-corrected chi connectivity index (χ0v) is 19.3. The number of aromatic carboxylic acids is 1. The first-order chi connectivity index (χ1) is 15.8. The molecule has 9 nitrogen and oxygen atoms in total. The highest BCUT2D eigenvalue weighted by atomic mass is 35.5. The Balaban J connectivity index is 1.39. The van der Waals surface area contributed by atoms with E-state index in [1.54, 1.807) is 21.6 Å². The molecular formula is C22H21Cl2N5O4. The van der Waals surface area contributed by atoms with Crippen LogP contribution in [0.15, 0.2) is 30.7 Å². The fourth-order valence-corrected chi connectivity index (χ4v) is 5.33. The molecule has 1 fully saturated rings. The summed E-state index contributed by atoms with van der Waals surface area (Å²) in [5.41, 5.74) is 2.33. The van der Waals surface area contributed by atoms with Crippen LogP contribution in [0.5, 0.6) is 0 Å². The first kappa shape index (κ1) is 21.9. The highest BCUT2D eigenvalue weighted by molar-refractivity contribution is 6.35. The number of imidazole rings is 1. The fourth-order valence-electron chi connectivity index (χ4n) is 4.63. The van der Waals surface area contributed by atoms with Crippen LogP contribution in [0.3, 0.4) is 0 Å². The van der Waals surface area contributed by atoms with Crippen LogP contribution in [0.25, 0.3) is 5.65 Å². The summed E-state index contributed by atoms with van der Waals surface area (Å²) >= 11 is 12.6. The van der Waals surface area contributed by atoms with Crippen molar-refractivity contribution in [2.45, 2.75) is 25.5 Å². The molecule has 1 saturated heterocycles. The Morgan fingerprint density at radius 1 is 1.21 bits per heavy atom. The summed E-state index contributed by atoms with van der Waals surface area (Å²) < 4.78 is 7.53. The van der Waals surface area contributed by atoms with E-state index in [1.807, 2.05) is 17.9 Å². The number of carboxylic acids is 1. The largest absolute Gasteiger partial charge is 0.476 e. The minimum absolute atomic E-state index is 0.0667. The summed E-state index contributed by atoms with van der Waals surface area (Å²) in [6.45, 7) is 3.70. The van der Waals surface area contributed by atoms with Gasteiger partial charge in [-0.05, 0) is 36.6 Å². The third-order valence-corrected chi connectivity index (χ3v) is 6.75. The van der Waals surface area contributed by atoms with E-state index < -0.39 is 12.1 Å². The topological polar surface area (TPSA) is 100 Å². The van der Waals surface area contributed by atoms with Crippen LogP contribution in [-0.4, -0.2) is 68.6 Å². The van der Waals surface area contributed by atoms with Gasteiger partial charge in [-0.15, -0.1) is 0 Å². The second kappa shape index (κ2) is 8.48. The smallest absolute Gasteiger partial charge is 0.356 e. The van der Waals surface area contributed by atoms with Crippen LogP contribution in [0, 0.1) is 0 Å². The number of amides is 1. The number of rotatable bonds is 3. The van der Waals surface area contributed by atoms with Gasteiger partial charge in [0.05, 0.1) is 31.6 Å². The van der Waals surface area contributed by atoms with Gasteiger partial charge in [0.2, 0.25) is 0 Å². The van der Waals surface area contributed by atoms with E-state index in [1.165, 1.54) is 12.4 Å². The zero-order chi connectivity index (χ0) is 23.3. The number of carbonyl (C=O) groups excluding carboxylic acids is 1. The molecule has 0 spiro atoms. The number of aromatic nitrogens is 3. The Hall–Kier alpha value is -2.88. The van der Waals surface area contributed by atoms with Crippen molar-refractivity contribution < 1.29 is 19.4 Å². The lowest BCUT2D eigenvalue weighted by atomic mass is 9.93. The molecule has 1 aromatic carbocycles. The quantitative estimate of drug-likeness (QED) is 0.603. The Bertz CT molecular complexity index is 1260. The van der Waals surface area contributed by atoms with Gasteiger partial charge in [0.1, 0.15) is 5.82 Å². The van der Waals surface area contributed by atoms with E-state index in [0.29, 0.717) is 54.2 Å². The molecule has 0 aliphatic carbocycles. The molecule has 33 heavy (non-hydrogen) atoms. The molecular weight excluding hydrogens is 469 g/mol. The van der Waals surface area contributed by atoms with Crippen molar-refractivity contribution in [2.75, 3.05) is 31.1 Å². The number of carboxylic acid groups (broad SMARTS) is 1. The highest BCUT2D eigenvalue weighted by Crippen LogP contribution is 2.37. The normalized spacial score (nSPS) is 20.7. The summed E-state index contributed by atoms with van der Waals surface area (Å²) in [5.74, 6) is -0.567. The van der Waals surface area contributed by atoms with Gasteiger partial charge in [0.25, 0.3) is 5.91 Å². The van der Waals surface area contributed by atoms with Crippen molar-refractivity contribution in [3.8, 4) is 0 Å². The molecule has 2 aliphatic heterocycles. The first-order valence-corrected chi connectivity index (χ1v) is 11.3. The maximum atomic E-state index is 13.5. The molecule has 5 rings (SSSR count). The van der Waals surface area contributed by atoms with Gasteiger partial charge in [0.15, 0.2) is 17.4 Å². The molecule has 0 unspecified atom stereocenters. The molecule has 2 aliphatic rings. The number of ether oxygens (including phenoxy) is 1. The maximum Gasteiger partial charge on any atom is 0.356 e. The van der Waals surface area contributed by atoms with Gasteiger partial charge in [-0.2, -0.15) is 0 Å². The maximum absolute atomic E-state index is 13.5. The van der Waals surface area contributed by atoms with Gasteiger partial charge >= 0.3 is 5.97 Å². The predicted molar refractivity (Wildman–Crippen MR) is 122 cm³/mol. The molecule has 0 radical (unpaired) electrons. The van der Waals surface area contributed by atoms with Crippen molar-refractivity contribution in [3.05, 3.63) is 57.6 Å². The number of benzene rings is 1. The van der Waals surface area contributed by atoms with E-state index in [0.717, 1.165) is 11.1 Å². The van der Waals surface area contributed by atoms with Crippen molar-refractivity contribution in [1.82, 2.24) is 19.3 Å².